The van der Waals surface area contributed by atoms with E-state index in [4.69, 9.17) is 0 Å². The van der Waals surface area contributed by atoms with Crippen molar-refractivity contribution in [1.29, 1.82) is 0 Å². The number of aryl methyl sites for hydroxylation is 1. The topological polar surface area (TPSA) is 3.24 Å². The monoisotopic (exact) mass is 303 g/mol. The fourth-order valence-electron chi connectivity index (χ4n) is 1.91. The lowest BCUT2D eigenvalue weighted by Gasteiger charge is -2.20. The van der Waals surface area contributed by atoms with E-state index in [-0.39, 0.29) is 0 Å². The molecule has 2 heteroatoms. The molecule has 0 aliphatic rings. The second-order valence-corrected chi connectivity index (χ2v) is 4.94. The maximum Gasteiger partial charge on any atom is 0.0408 e. The molecule has 0 aliphatic carbocycles. The largest absolute Gasteiger partial charge is 0.345 e. The maximum atomic E-state index is 3.47. The summed E-state index contributed by atoms with van der Waals surface area (Å²) in [5, 5.41) is 0.905. The zero-order valence-corrected chi connectivity index (χ0v) is 12.4. The van der Waals surface area contributed by atoms with Crippen LogP contribution in [0.3, 0.4) is 0 Å². The highest BCUT2D eigenvalue weighted by Gasteiger charge is 2.03. The summed E-state index contributed by atoms with van der Waals surface area (Å²) in [6.45, 7) is 2.18. The van der Waals surface area contributed by atoms with Crippen molar-refractivity contribution < 1.29 is 0 Å². The van der Waals surface area contributed by atoms with E-state index >= 15 is 0 Å². The first-order valence-electron chi connectivity index (χ1n) is 6.22. The zero-order chi connectivity index (χ0) is 13.0. The Hall–Kier alpha value is -1.28. The number of halogens is 1. The van der Waals surface area contributed by atoms with Crippen molar-refractivity contribution in [3.05, 3.63) is 59.7 Å². The molecule has 0 spiro atoms. The van der Waals surface area contributed by atoms with Crippen molar-refractivity contribution in [3.63, 3.8) is 0 Å². The number of benzene rings is 2. The second kappa shape index (κ2) is 6.05. The number of hydrogen-bond acceptors (Lipinski definition) is 1. The lowest BCUT2D eigenvalue weighted by atomic mass is 10.1. The highest BCUT2D eigenvalue weighted by atomic mass is 79.9. The molecule has 1 nitrogen and oxygen atoms in total. The minimum atomic E-state index is 0.905. The fourth-order valence-corrected chi connectivity index (χ4v) is 2.29. The Morgan fingerprint density at radius 2 is 1.28 bits per heavy atom. The molecule has 0 atom stereocenters. The minimum Gasteiger partial charge on any atom is -0.345 e. The molecular formula is C16H18BrN. The molecule has 0 bridgehead atoms. The number of nitrogens with zero attached hydrogens (tertiary/aromatic N) is 1. The number of alkyl halides is 1. The van der Waals surface area contributed by atoms with E-state index in [1.165, 1.54) is 22.5 Å². The maximum absolute atomic E-state index is 3.47. The van der Waals surface area contributed by atoms with Crippen LogP contribution in [-0.4, -0.2) is 7.05 Å². The van der Waals surface area contributed by atoms with Crippen LogP contribution in [0.25, 0.3) is 0 Å². The molecule has 0 saturated heterocycles. The summed E-state index contributed by atoms with van der Waals surface area (Å²) < 4.78 is 0. The van der Waals surface area contributed by atoms with Crippen LogP contribution < -0.4 is 4.90 Å². The summed E-state index contributed by atoms with van der Waals surface area (Å²) in [7, 11) is 2.10. The molecule has 18 heavy (non-hydrogen) atoms. The molecule has 0 heterocycles. The third kappa shape index (κ3) is 2.94. The number of rotatable bonds is 4. The predicted octanol–water partition coefficient (Wildman–Crippen LogP) is 4.91. The van der Waals surface area contributed by atoms with Gasteiger partial charge in [-0.2, -0.15) is 0 Å². The Labute approximate surface area is 118 Å². The minimum absolute atomic E-state index is 0.905. The Morgan fingerprint density at radius 1 is 0.833 bits per heavy atom. The van der Waals surface area contributed by atoms with Gasteiger partial charge in [0.2, 0.25) is 0 Å². The van der Waals surface area contributed by atoms with Gasteiger partial charge >= 0.3 is 0 Å². The van der Waals surface area contributed by atoms with Crippen molar-refractivity contribution in [3.8, 4) is 0 Å². The van der Waals surface area contributed by atoms with Crippen molar-refractivity contribution in [2.45, 2.75) is 18.7 Å². The molecule has 0 N–H and O–H groups in total. The lowest BCUT2D eigenvalue weighted by Crippen LogP contribution is -2.09. The average molecular weight is 304 g/mol. The summed E-state index contributed by atoms with van der Waals surface area (Å²) in [5.74, 6) is 0. The van der Waals surface area contributed by atoms with Crippen LogP contribution in [0.5, 0.6) is 0 Å². The SMILES string of the molecule is CCc1ccc(N(C)c2ccc(CBr)cc2)cc1. The molecule has 0 aliphatic heterocycles. The molecule has 2 aromatic rings. The van der Waals surface area contributed by atoms with Crippen LogP contribution >= 0.6 is 15.9 Å². The molecule has 2 aromatic carbocycles. The summed E-state index contributed by atoms with van der Waals surface area (Å²) >= 11 is 3.47. The Morgan fingerprint density at radius 3 is 1.67 bits per heavy atom. The summed E-state index contributed by atoms with van der Waals surface area (Å²) in [6, 6.07) is 17.4. The van der Waals surface area contributed by atoms with Crippen molar-refractivity contribution >= 4 is 27.3 Å². The molecule has 0 radical (unpaired) electrons. The van der Waals surface area contributed by atoms with E-state index in [0.29, 0.717) is 0 Å². The lowest BCUT2D eigenvalue weighted by molar-refractivity contribution is 1.13. The highest BCUT2D eigenvalue weighted by molar-refractivity contribution is 9.08. The molecule has 0 aromatic heterocycles. The first-order valence-corrected chi connectivity index (χ1v) is 7.34. The Bertz CT molecular complexity index is 440. The van der Waals surface area contributed by atoms with Crippen molar-refractivity contribution in [2.24, 2.45) is 0 Å². The smallest absolute Gasteiger partial charge is 0.0408 e. The Kier molecular flexibility index (Phi) is 4.43. The molecule has 0 fully saturated rings. The molecule has 0 saturated carbocycles. The van der Waals surface area contributed by atoms with Gasteiger partial charge in [-0.25, -0.2) is 0 Å². The van der Waals surface area contributed by atoms with E-state index in [9.17, 15) is 0 Å². The van der Waals surface area contributed by atoms with Gasteiger partial charge in [-0.3, -0.25) is 0 Å². The first kappa shape index (κ1) is 13.2. The summed E-state index contributed by atoms with van der Waals surface area (Å²) in [4.78, 5) is 2.21. The summed E-state index contributed by atoms with van der Waals surface area (Å²) in [5.41, 5.74) is 5.11. The molecular weight excluding hydrogens is 286 g/mol. The fraction of sp³-hybridized carbons (Fsp3) is 0.250. The second-order valence-electron chi connectivity index (χ2n) is 4.38. The van der Waals surface area contributed by atoms with Gasteiger partial charge in [0.25, 0.3) is 0 Å². The van der Waals surface area contributed by atoms with Crippen LogP contribution in [0, 0.1) is 0 Å². The van der Waals surface area contributed by atoms with E-state index < -0.39 is 0 Å². The van der Waals surface area contributed by atoms with E-state index in [1.807, 2.05) is 0 Å². The van der Waals surface area contributed by atoms with Crippen LogP contribution in [0.4, 0.5) is 11.4 Å². The average Bonchev–Trinajstić information content (AvgIpc) is 2.47. The predicted molar refractivity (Wildman–Crippen MR) is 83.0 cm³/mol. The van der Waals surface area contributed by atoms with Gasteiger partial charge < -0.3 is 4.90 Å². The van der Waals surface area contributed by atoms with Crippen LogP contribution in [0.2, 0.25) is 0 Å². The van der Waals surface area contributed by atoms with Gasteiger partial charge in [-0.1, -0.05) is 47.1 Å². The van der Waals surface area contributed by atoms with Gasteiger partial charge in [0.1, 0.15) is 0 Å². The molecule has 0 amide bonds. The third-order valence-electron chi connectivity index (χ3n) is 3.21. The van der Waals surface area contributed by atoms with Gasteiger partial charge in [0, 0.05) is 23.8 Å². The van der Waals surface area contributed by atoms with E-state index in [2.05, 4.69) is 83.3 Å². The number of hydrogen-bond donors (Lipinski definition) is 0. The van der Waals surface area contributed by atoms with Crippen LogP contribution in [-0.2, 0) is 11.8 Å². The molecule has 94 valence electrons. The molecule has 2 rings (SSSR count). The zero-order valence-electron chi connectivity index (χ0n) is 10.9. The first-order chi connectivity index (χ1) is 8.74. The standard InChI is InChI=1S/C16H18BrN/c1-3-13-4-8-15(9-5-13)18(2)16-10-6-14(12-17)7-11-16/h4-11H,3,12H2,1-2H3. The van der Waals surface area contributed by atoms with Gasteiger partial charge in [-0.05, 0) is 41.8 Å². The van der Waals surface area contributed by atoms with E-state index in [0.717, 1.165) is 11.8 Å². The van der Waals surface area contributed by atoms with Crippen LogP contribution in [0.1, 0.15) is 18.1 Å². The van der Waals surface area contributed by atoms with Gasteiger partial charge in [0.15, 0.2) is 0 Å². The quantitative estimate of drug-likeness (QED) is 0.725. The van der Waals surface area contributed by atoms with E-state index in [1.54, 1.807) is 0 Å². The number of anilines is 2. The third-order valence-corrected chi connectivity index (χ3v) is 3.86. The molecule has 0 unspecified atom stereocenters. The highest BCUT2D eigenvalue weighted by Crippen LogP contribution is 2.24. The van der Waals surface area contributed by atoms with Gasteiger partial charge in [0.05, 0.1) is 0 Å². The van der Waals surface area contributed by atoms with Crippen molar-refractivity contribution in [2.75, 3.05) is 11.9 Å². The Balaban J connectivity index is 2.20. The van der Waals surface area contributed by atoms with Gasteiger partial charge in [-0.15, -0.1) is 0 Å². The summed E-state index contributed by atoms with van der Waals surface area (Å²) in [6.07, 6.45) is 1.09. The van der Waals surface area contributed by atoms with Crippen molar-refractivity contribution in [1.82, 2.24) is 0 Å². The van der Waals surface area contributed by atoms with Crippen LogP contribution in [0.15, 0.2) is 48.5 Å². The normalized spacial score (nSPS) is 10.4.